The first-order chi connectivity index (χ1) is 13.5. The summed E-state index contributed by atoms with van der Waals surface area (Å²) in [6.45, 7) is 3.91. The van der Waals surface area contributed by atoms with Crippen LogP contribution in [0.1, 0.15) is 4.88 Å². The van der Waals surface area contributed by atoms with Gasteiger partial charge in [0.15, 0.2) is 0 Å². The molecule has 0 atom stereocenters. The first-order valence-electron chi connectivity index (χ1n) is 9.26. The number of nitrogens with zero attached hydrogens (tertiary/aromatic N) is 3. The molecular formula is C20H25FN4O2S. The molecule has 1 fully saturated rings. The Morgan fingerprint density at radius 2 is 1.96 bits per heavy atom. The highest BCUT2D eigenvalue weighted by Gasteiger charge is 2.23. The summed E-state index contributed by atoms with van der Waals surface area (Å²) < 4.78 is 13.2. The van der Waals surface area contributed by atoms with Crippen molar-refractivity contribution in [1.29, 1.82) is 0 Å². The van der Waals surface area contributed by atoms with Crippen LogP contribution in [-0.2, 0) is 16.1 Å². The van der Waals surface area contributed by atoms with Gasteiger partial charge in [0.1, 0.15) is 5.82 Å². The Kier molecular flexibility index (Phi) is 7.13. The van der Waals surface area contributed by atoms with Gasteiger partial charge in [-0.3, -0.25) is 19.4 Å². The zero-order valence-electron chi connectivity index (χ0n) is 15.9. The van der Waals surface area contributed by atoms with Crippen LogP contribution in [-0.4, -0.2) is 72.8 Å². The van der Waals surface area contributed by atoms with E-state index in [1.807, 2.05) is 33.2 Å². The van der Waals surface area contributed by atoms with Crippen molar-refractivity contribution in [2.24, 2.45) is 0 Å². The summed E-state index contributed by atoms with van der Waals surface area (Å²) in [4.78, 5) is 31.8. The first kappa shape index (κ1) is 20.4. The van der Waals surface area contributed by atoms with Gasteiger partial charge >= 0.3 is 0 Å². The molecule has 2 aromatic rings. The van der Waals surface area contributed by atoms with E-state index in [9.17, 15) is 14.0 Å². The first-order valence-corrected chi connectivity index (χ1v) is 10.1. The van der Waals surface area contributed by atoms with E-state index in [-0.39, 0.29) is 24.2 Å². The van der Waals surface area contributed by atoms with Crippen LogP contribution in [0.5, 0.6) is 0 Å². The van der Waals surface area contributed by atoms with Gasteiger partial charge in [-0.15, -0.1) is 11.3 Å². The molecule has 2 heterocycles. The third kappa shape index (κ3) is 6.12. The average molecular weight is 405 g/mol. The lowest BCUT2D eigenvalue weighted by Gasteiger charge is -2.35. The number of amides is 2. The number of thiophene rings is 1. The maximum Gasteiger partial charge on any atom is 0.238 e. The predicted octanol–water partition coefficient (Wildman–Crippen LogP) is 2.10. The molecular weight excluding hydrogens is 379 g/mol. The number of likely N-dealkylation sites (N-methyl/N-ethyl adjacent to an activating group) is 1. The van der Waals surface area contributed by atoms with Crippen molar-refractivity contribution < 1.29 is 14.0 Å². The van der Waals surface area contributed by atoms with Crippen molar-refractivity contribution in [2.45, 2.75) is 6.54 Å². The molecule has 0 aliphatic carbocycles. The molecule has 0 bridgehead atoms. The molecule has 6 nitrogen and oxygen atoms in total. The molecule has 0 saturated carbocycles. The van der Waals surface area contributed by atoms with Crippen LogP contribution >= 0.6 is 11.3 Å². The summed E-state index contributed by atoms with van der Waals surface area (Å²) in [6.07, 6.45) is 0. The van der Waals surface area contributed by atoms with Gasteiger partial charge in [0, 0.05) is 43.3 Å². The quantitative estimate of drug-likeness (QED) is 0.768. The van der Waals surface area contributed by atoms with Crippen LogP contribution in [0.15, 0.2) is 41.8 Å². The van der Waals surface area contributed by atoms with Crippen molar-refractivity contribution in [1.82, 2.24) is 14.7 Å². The van der Waals surface area contributed by atoms with Crippen LogP contribution < -0.4 is 5.32 Å². The van der Waals surface area contributed by atoms with Crippen LogP contribution in [0.4, 0.5) is 10.1 Å². The molecule has 1 aliphatic heterocycles. The second-order valence-electron chi connectivity index (χ2n) is 6.97. The minimum Gasteiger partial charge on any atom is -0.339 e. The number of rotatable bonds is 7. The number of hydrogen-bond donors (Lipinski definition) is 1. The molecule has 0 unspecified atom stereocenters. The predicted molar refractivity (Wildman–Crippen MR) is 109 cm³/mol. The summed E-state index contributed by atoms with van der Waals surface area (Å²) in [7, 11) is 1.95. The number of halogens is 1. The van der Waals surface area contributed by atoms with E-state index in [4.69, 9.17) is 0 Å². The highest BCUT2D eigenvalue weighted by atomic mass is 32.1. The summed E-state index contributed by atoms with van der Waals surface area (Å²) in [5.41, 5.74) is 0.451. The molecule has 0 spiro atoms. The van der Waals surface area contributed by atoms with E-state index in [2.05, 4.69) is 11.4 Å². The Balaban J connectivity index is 1.38. The molecule has 0 radical (unpaired) electrons. The van der Waals surface area contributed by atoms with E-state index >= 15 is 0 Å². The third-order valence-electron chi connectivity index (χ3n) is 4.61. The molecule has 3 rings (SSSR count). The van der Waals surface area contributed by atoms with Crippen LogP contribution in [0.25, 0.3) is 0 Å². The zero-order valence-corrected chi connectivity index (χ0v) is 16.8. The molecule has 2 amide bonds. The van der Waals surface area contributed by atoms with Gasteiger partial charge in [-0.2, -0.15) is 0 Å². The van der Waals surface area contributed by atoms with Crippen molar-refractivity contribution in [3.63, 3.8) is 0 Å². The van der Waals surface area contributed by atoms with Gasteiger partial charge in [0.2, 0.25) is 11.8 Å². The summed E-state index contributed by atoms with van der Waals surface area (Å²) >= 11 is 1.69. The number of benzene rings is 1. The molecule has 150 valence electrons. The van der Waals surface area contributed by atoms with Crippen LogP contribution in [0, 0.1) is 5.82 Å². The Bertz CT molecular complexity index is 791. The topological polar surface area (TPSA) is 55.9 Å². The van der Waals surface area contributed by atoms with Crippen molar-refractivity contribution >= 4 is 28.8 Å². The highest BCUT2D eigenvalue weighted by Crippen LogP contribution is 2.12. The number of nitrogens with one attached hydrogen (secondary N) is 1. The molecule has 1 saturated heterocycles. The SMILES string of the molecule is CN(CC(=O)N1CCN(CC(=O)Nc2cccc(F)c2)CC1)Cc1cccs1. The van der Waals surface area contributed by atoms with Crippen molar-refractivity contribution in [3.8, 4) is 0 Å². The van der Waals surface area contributed by atoms with Gasteiger partial charge in [-0.25, -0.2) is 4.39 Å². The maximum absolute atomic E-state index is 13.2. The second-order valence-corrected chi connectivity index (χ2v) is 8.00. The maximum atomic E-state index is 13.2. The van der Waals surface area contributed by atoms with Gasteiger partial charge in [-0.05, 0) is 36.7 Å². The standard InChI is InChI=1S/C20H25FN4O2S/c1-23(13-18-6-3-11-28-18)15-20(27)25-9-7-24(8-10-25)14-19(26)22-17-5-2-4-16(21)12-17/h2-6,11-12H,7-10,13-15H2,1H3,(H,22,26). The van der Waals surface area contributed by atoms with E-state index in [1.54, 1.807) is 23.5 Å². The summed E-state index contributed by atoms with van der Waals surface area (Å²) in [6, 6.07) is 9.93. The number of hydrogen-bond acceptors (Lipinski definition) is 5. The summed E-state index contributed by atoms with van der Waals surface area (Å²) in [5.74, 6) is -0.446. The third-order valence-corrected chi connectivity index (χ3v) is 5.47. The molecule has 1 aliphatic rings. The Morgan fingerprint density at radius 3 is 2.64 bits per heavy atom. The van der Waals surface area contributed by atoms with Crippen LogP contribution in [0.3, 0.4) is 0 Å². The highest BCUT2D eigenvalue weighted by molar-refractivity contribution is 7.09. The fourth-order valence-electron chi connectivity index (χ4n) is 3.18. The Labute approximate surface area is 168 Å². The van der Waals surface area contributed by atoms with E-state index in [1.165, 1.54) is 17.0 Å². The van der Waals surface area contributed by atoms with Gasteiger partial charge < -0.3 is 10.2 Å². The normalized spacial score (nSPS) is 15.0. The minimum absolute atomic E-state index is 0.114. The average Bonchev–Trinajstić information content (AvgIpc) is 3.15. The summed E-state index contributed by atoms with van der Waals surface area (Å²) in [5, 5.41) is 4.74. The van der Waals surface area contributed by atoms with Gasteiger partial charge in [0.25, 0.3) is 0 Å². The molecule has 8 heteroatoms. The number of carbonyl (C=O) groups excluding carboxylic acids is 2. The van der Waals surface area contributed by atoms with Crippen molar-refractivity contribution in [2.75, 3.05) is 51.6 Å². The molecule has 1 aromatic heterocycles. The fraction of sp³-hybridized carbons (Fsp3) is 0.400. The monoisotopic (exact) mass is 404 g/mol. The lowest BCUT2D eigenvalue weighted by Crippen LogP contribution is -2.52. The Morgan fingerprint density at radius 1 is 1.18 bits per heavy atom. The lowest BCUT2D eigenvalue weighted by atomic mass is 10.2. The fourth-order valence-corrected chi connectivity index (χ4v) is 3.96. The smallest absolute Gasteiger partial charge is 0.238 e. The van der Waals surface area contributed by atoms with E-state index in [0.717, 1.165) is 6.54 Å². The molecule has 1 aromatic carbocycles. The number of carbonyl (C=O) groups is 2. The van der Waals surface area contributed by atoms with Crippen molar-refractivity contribution in [3.05, 3.63) is 52.5 Å². The van der Waals surface area contributed by atoms with E-state index in [0.29, 0.717) is 38.4 Å². The molecule has 1 N–H and O–H groups in total. The Hall–Kier alpha value is -2.29. The van der Waals surface area contributed by atoms with Crippen LogP contribution in [0.2, 0.25) is 0 Å². The van der Waals surface area contributed by atoms with Gasteiger partial charge in [-0.1, -0.05) is 12.1 Å². The van der Waals surface area contributed by atoms with Gasteiger partial charge in [0.05, 0.1) is 13.1 Å². The van der Waals surface area contributed by atoms with E-state index < -0.39 is 0 Å². The lowest BCUT2D eigenvalue weighted by molar-refractivity contribution is -0.134. The minimum atomic E-state index is -0.381. The number of anilines is 1. The molecule has 28 heavy (non-hydrogen) atoms. The second kappa shape index (κ2) is 9.77. The largest absolute Gasteiger partial charge is 0.339 e. The zero-order chi connectivity index (χ0) is 19.9. The number of piperazine rings is 1.